The van der Waals surface area contributed by atoms with Crippen LogP contribution in [0.1, 0.15) is 61.3 Å². The van der Waals surface area contributed by atoms with Crippen LogP contribution < -0.4 is 9.62 Å². The molecule has 2 amide bonds. The SMILES string of the molecule is CC[C@H](C(=O)NC1CCCC1)N(CCc1ccccc1)C(=O)CN(c1cc(C)ccc1C)S(=O)(=O)c1ccc(C)cc1. The van der Waals surface area contributed by atoms with Crippen LogP contribution in [-0.2, 0) is 26.0 Å². The van der Waals surface area contributed by atoms with Crippen LogP contribution in [-0.4, -0.2) is 50.3 Å². The fourth-order valence-corrected chi connectivity index (χ4v) is 7.07. The molecule has 3 aromatic carbocycles. The van der Waals surface area contributed by atoms with Gasteiger partial charge < -0.3 is 10.2 Å². The van der Waals surface area contributed by atoms with Crippen LogP contribution in [0.5, 0.6) is 0 Å². The molecule has 0 heterocycles. The highest BCUT2D eigenvalue weighted by atomic mass is 32.2. The van der Waals surface area contributed by atoms with Crippen LogP contribution in [0.15, 0.2) is 77.7 Å². The van der Waals surface area contributed by atoms with E-state index in [2.05, 4.69) is 5.32 Å². The Balaban J connectivity index is 1.70. The van der Waals surface area contributed by atoms with Crippen molar-refractivity contribution >= 4 is 27.5 Å². The molecule has 42 heavy (non-hydrogen) atoms. The summed E-state index contributed by atoms with van der Waals surface area (Å²) >= 11 is 0. The zero-order valence-corrected chi connectivity index (χ0v) is 26.0. The highest BCUT2D eigenvalue weighted by Crippen LogP contribution is 2.29. The minimum Gasteiger partial charge on any atom is -0.352 e. The van der Waals surface area contributed by atoms with E-state index in [0.717, 1.165) is 47.9 Å². The Morgan fingerprint density at radius 3 is 2.19 bits per heavy atom. The molecule has 7 nitrogen and oxygen atoms in total. The Labute approximate surface area is 251 Å². The van der Waals surface area contributed by atoms with Crippen molar-refractivity contribution in [2.75, 3.05) is 17.4 Å². The first-order valence-electron chi connectivity index (χ1n) is 14.9. The highest BCUT2D eigenvalue weighted by molar-refractivity contribution is 7.92. The Kier molecular flexibility index (Phi) is 10.4. The van der Waals surface area contributed by atoms with Crippen molar-refractivity contribution in [3.8, 4) is 0 Å². The largest absolute Gasteiger partial charge is 0.352 e. The second-order valence-electron chi connectivity index (χ2n) is 11.4. The summed E-state index contributed by atoms with van der Waals surface area (Å²) in [4.78, 5) is 29.5. The lowest BCUT2D eigenvalue weighted by molar-refractivity contribution is -0.139. The highest BCUT2D eigenvalue weighted by Gasteiger charge is 2.34. The number of hydrogen-bond acceptors (Lipinski definition) is 4. The molecule has 0 radical (unpaired) electrons. The van der Waals surface area contributed by atoms with Gasteiger partial charge in [0.05, 0.1) is 10.6 Å². The van der Waals surface area contributed by atoms with Crippen molar-refractivity contribution in [1.29, 1.82) is 0 Å². The number of sulfonamides is 1. The van der Waals surface area contributed by atoms with Gasteiger partial charge in [0, 0.05) is 12.6 Å². The van der Waals surface area contributed by atoms with E-state index in [1.807, 2.05) is 70.2 Å². The average Bonchev–Trinajstić information content (AvgIpc) is 3.49. The van der Waals surface area contributed by atoms with Crippen molar-refractivity contribution in [1.82, 2.24) is 10.2 Å². The molecule has 0 saturated heterocycles. The van der Waals surface area contributed by atoms with Gasteiger partial charge in [-0.2, -0.15) is 0 Å². The van der Waals surface area contributed by atoms with Gasteiger partial charge in [0.15, 0.2) is 0 Å². The van der Waals surface area contributed by atoms with Gasteiger partial charge in [-0.25, -0.2) is 8.42 Å². The van der Waals surface area contributed by atoms with Crippen molar-refractivity contribution in [3.05, 3.63) is 95.1 Å². The number of rotatable bonds is 12. The van der Waals surface area contributed by atoms with E-state index in [1.165, 1.54) is 4.31 Å². The second-order valence-corrected chi connectivity index (χ2v) is 13.2. The van der Waals surface area contributed by atoms with Crippen LogP contribution >= 0.6 is 0 Å². The van der Waals surface area contributed by atoms with Crippen molar-refractivity contribution in [3.63, 3.8) is 0 Å². The maximum atomic E-state index is 14.3. The molecule has 0 unspecified atom stereocenters. The van der Waals surface area contributed by atoms with E-state index in [1.54, 1.807) is 35.2 Å². The van der Waals surface area contributed by atoms with Crippen LogP contribution in [0, 0.1) is 20.8 Å². The van der Waals surface area contributed by atoms with Gasteiger partial charge in [-0.1, -0.05) is 79.9 Å². The third-order valence-electron chi connectivity index (χ3n) is 8.09. The Morgan fingerprint density at radius 1 is 0.905 bits per heavy atom. The molecule has 8 heteroatoms. The molecule has 0 bridgehead atoms. The number of hydrogen-bond donors (Lipinski definition) is 1. The summed E-state index contributed by atoms with van der Waals surface area (Å²) < 4.78 is 29.5. The molecule has 1 atom stereocenters. The minimum atomic E-state index is -4.09. The van der Waals surface area contributed by atoms with Gasteiger partial charge in [-0.05, 0) is 81.3 Å². The number of aryl methyl sites for hydroxylation is 3. The Morgan fingerprint density at radius 2 is 1.55 bits per heavy atom. The van der Waals surface area contributed by atoms with E-state index in [4.69, 9.17) is 0 Å². The number of nitrogens with one attached hydrogen (secondary N) is 1. The van der Waals surface area contributed by atoms with E-state index in [-0.39, 0.29) is 16.8 Å². The van der Waals surface area contributed by atoms with Crippen molar-refractivity contribution < 1.29 is 18.0 Å². The summed E-state index contributed by atoms with van der Waals surface area (Å²) in [7, 11) is -4.09. The van der Waals surface area contributed by atoms with E-state index in [9.17, 15) is 18.0 Å². The zero-order chi connectivity index (χ0) is 30.3. The molecule has 1 N–H and O–H groups in total. The normalized spacial score (nSPS) is 14.4. The summed E-state index contributed by atoms with van der Waals surface area (Å²) in [6.07, 6.45) is 5.02. The summed E-state index contributed by atoms with van der Waals surface area (Å²) in [5, 5.41) is 3.16. The molecule has 0 spiro atoms. The van der Waals surface area contributed by atoms with E-state index < -0.39 is 28.5 Å². The molecule has 1 fully saturated rings. The number of amides is 2. The first-order chi connectivity index (χ1) is 20.1. The number of benzene rings is 3. The number of anilines is 1. The average molecular weight is 590 g/mol. The summed E-state index contributed by atoms with van der Waals surface area (Å²) in [5.41, 5.74) is 4.06. The monoisotopic (exact) mass is 589 g/mol. The minimum absolute atomic E-state index is 0.114. The lowest BCUT2D eigenvalue weighted by Crippen LogP contribution is -2.54. The van der Waals surface area contributed by atoms with Crippen LogP contribution in [0.3, 0.4) is 0 Å². The number of carbonyl (C=O) groups excluding carboxylic acids is 2. The molecule has 1 aliphatic carbocycles. The summed E-state index contributed by atoms with van der Waals surface area (Å²) in [6, 6.07) is 21.5. The van der Waals surface area contributed by atoms with Crippen molar-refractivity contribution in [2.24, 2.45) is 0 Å². The van der Waals surface area contributed by atoms with Gasteiger partial charge in [-0.3, -0.25) is 13.9 Å². The van der Waals surface area contributed by atoms with E-state index in [0.29, 0.717) is 25.1 Å². The van der Waals surface area contributed by atoms with E-state index >= 15 is 0 Å². The molecule has 224 valence electrons. The van der Waals surface area contributed by atoms with Crippen molar-refractivity contribution in [2.45, 2.75) is 83.2 Å². The third kappa shape index (κ3) is 7.59. The van der Waals surface area contributed by atoms with Gasteiger partial charge in [-0.15, -0.1) is 0 Å². The number of carbonyl (C=O) groups is 2. The Hall–Kier alpha value is -3.65. The quantitative estimate of drug-likeness (QED) is 0.293. The fourth-order valence-electron chi connectivity index (χ4n) is 5.60. The lowest BCUT2D eigenvalue weighted by atomic mass is 10.1. The number of nitrogens with zero attached hydrogens (tertiary/aromatic N) is 2. The molecule has 1 saturated carbocycles. The van der Waals surface area contributed by atoms with Crippen LogP contribution in [0.2, 0.25) is 0 Å². The molecule has 0 aromatic heterocycles. The third-order valence-corrected chi connectivity index (χ3v) is 9.87. The van der Waals surface area contributed by atoms with Crippen LogP contribution in [0.4, 0.5) is 5.69 Å². The standard InChI is InChI=1S/C34H43N3O4S/c1-5-31(34(39)35-29-13-9-10-14-29)36(22-21-28-11-7-6-8-12-28)33(38)24-37(32-23-26(3)15-18-27(32)4)42(40,41)30-19-16-25(2)17-20-30/h6-8,11-12,15-20,23,29,31H,5,9-10,13-14,21-22,24H2,1-4H3,(H,35,39)/t31-/m1/s1. The Bertz CT molecular complexity index is 1470. The predicted octanol–water partition coefficient (Wildman–Crippen LogP) is 5.72. The molecule has 3 aromatic rings. The van der Waals surface area contributed by atoms with Gasteiger partial charge >= 0.3 is 0 Å². The van der Waals surface area contributed by atoms with Gasteiger partial charge in [0.2, 0.25) is 11.8 Å². The zero-order valence-electron chi connectivity index (χ0n) is 25.2. The molecular weight excluding hydrogens is 546 g/mol. The second kappa shape index (κ2) is 14.0. The lowest BCUT2D eigenvalue weighted by Gasteiger charge is -2.34. The maximum Gasteiger partial charge on any atom is 0.264 e. The molecular formula is C34H43N3O4S. The van der Waals surface area contributed by atoms with Gasteiger partial charge in [0.1, 0.15) is 12.6 Å². The fraction of sp³-hybridized carbons (Fsp3) is 0.412. The molecule has 1 aliphatic rings. The predicted molar refractivity (Wildman–Crippen MR) is 168 cm³/mol. The molecule has 0 aliphatic heterocycles. The summed E-state index contributed by atoms with van der Waals surface area (Å²) in [5.74, 6) is -0.582. The smallest absolute Gasteiger partial charge is 0.264 e. The van der Waals surface area contributed by atoms with Crippen LogP contribution in [0.25, 0.3) is 0 Å². The first kappa shape index (κ1) is 31.3. The first-order valence-corrected chi connectivity index (χ1v) is 16.3. The van der Waals surface area contributed by atoms with Gasteiger partial charge in [0.25, 0.3) is 10.0 Å². The molecule has 4 rings (SSSR count). The topological polar surface area (TPSA) is 86.8 Å². The summed E-state index contributed by atoms with van der Waals surface area (Å²) in [6.45, 7) is 7.41. The maximum absolute atomic E-state index is 14.3.